The van der Waals surface area contributed by atoms with Crippen LogP contribution >= 0.6 is 0 Å². The Morgan fingerprint density at radius 2 is 1.95 bits per heavy atom. The molecule has 6 nitrogen and oxygen atoms in total. The minimum absolute atomic E-state index is 0.937. The van der Waals surface area contributed by atoms with Gasteiger partial charge in [-0.15, -0.1) is 0 Å². The first-order chi connectivity index (χ1) is 10.7. The molecule has 4 heterocycles. The van der Waals surface area contributed by atoms with Crippen molar-refractivity contribution in [2.45, 2.75) is 0 Å². The van der Waals surface area contributed by atoms with E-state index in [0.717, 1.165) is 23.0 Å². The molecular weight excluding hydrogens is 276 g/mol. The van der Waals surface area contributed by atoms with Gasteiger partial charge in [-0.05, 0) is 16.8 Å². The van der Waals surface area contributed by atoms with Crippen molar-refractivity contribution in [1.29, 1.82) is 0 Å². The Hall–Kier alpha value is -2.89. The van der Waals surface area contributed by atoms with Gasteiger partial charge in [0.05, 0.1) is 13.1 Å². The van der Waals surface area contributed by atoms with Crippen LogP contribution in [0.5, 0.6) is 0 Å². The minimum Gasteiger partial charge on any atom is -0.310 e. The molecule has 0 atom stereocenters. The topological polar surface area (TPSA) is 34.9 Å². The number of pyridine rings is 1. The Kier molecular flexibility index (Phi) is 2.66. The van der Waals surface area contributed by atoms with Gasteiger partial charge < -0.3 is 4.57 Å². The maximum absolute atomic E-state index is 4.39. The molecule has 0 fully saturated rings. The van der Waals surface area contributed by atoms with Gasteiger partial charge in [0.1, 0.15) is 5.69 Å². The van der Waals surface area contributed by atoms with E-state index in [1.165, 1.54) is 0 Å². The van der Waals surface area contributed by atoms with Crippen LogP contribution in [0.3, 0.4) is 0 Å². The highest BCUT2D eigenvalue weighted by Crippen LogP contribution is 2.19. The second-order valence-electron chi connectivity index (χ2n) is 5.44. The summed E-state index contributed by atoms with van der Waals surface area (Å²) in [5.41, 5.74) is 2.27. The molecule has 0 unspecified atom stereocenters. The Bertz CT molecular complexity index is 972. The number of fused-ring (bicyclic) bond motifs is 1. The van der Waals surface area contributed by atoms with Crippen LogP contribution in [0.1, 0.15) is 0 Å². The fourth-order valence-corrected chi connectivity index (χ4v) is 2.95. The summed E-state index contributed by atoms with van der Waals surface area (Å²) in [5.74, 6) is 2.04. The lowest BCUT2D eigenvalue weighted by atomic mass is 10.2. The second kappa shape index (κ2) is 4.56. The molecule has 0 aliphatic rings. The lowest BCUT2D eigenvalue weighted by Crippen LogP contribution is -2.45. The normalized spacial score (nSPS) is 11.4. The summed E-state index contributed by atoms with van der Waals surface area (Å²) >= 11 is 0. The molecule has 6 heteroatoms. The van der Waals surface area contributed by atoms with Gasteiger partial charge in [-0.2, -0.15) is 0 Å². The van der Waals surface area contributed by atoms with Crippen molar-refractivity contribution in [3.05, 3.63) is 55.2 Å². The van der Waals surface area contributed by atoms with Gasteiger partial charge in [0.2, 0.25) is 12.0 Å². The maximum Gasteiger partial charge on any atom is 0.342 e. The highest BCUT2D eigenvalue weighted by Gasteiger charge is 2.22. The predicted molar refractivity (Wildman–Crippen MR) is 81.3 cm³/mol. The van der Waals surface area contributed by atoms with Crippen LogP contribution in [-0.2, 0) is 21.1 Å². The Morgan fingerprint density at radius 3 is 2.68 bits per heavy atom. The molecule has 0 aliphatic carbocycles. The number of imidazole rings is 2. The van der Waals surface area contributed by atoms with Crippen molar-refractivity contribution in [3.63, 3.8) is 0 Å². The lowest BCUT2D eigenvalue weighted by Gasteiger charge is -2.06. The number of aromatic nitrogens is 6. The van der Waals surface area contributed by atoms with Crippen molar-refractivity contribution >= 4 is 5.78 Å². The SMILES string of the molecule is Cn1c(-c2cccc(-n3ccc[n+]3C)[n+]2C)cn2ccnc12. The van der Waals surface area contributed by atoms with Gasteiger partial charge in [-0.25, -0.2) is 9.55 Å². The quantitative estimate of drug-likeness (QED) is 0.503. The van der Waals surface area contributed by atoms with Crippen LogP contribution in [-0.4, -0.2) is 18.6 Å². The van der Waals surface area contributed by atoms with Crippen LogP contribution in [0.15, 0.2) is 55.2 Å². The molecule has 0 radical (unpaired) electrons. The third-order valence-electron chi connectivity index (χ3n) is 4.14. The highest BCUT2D eigenvalue weighted by atomic mass is 15.4. The van der Waals surface area contributed by atoms with Crippen LogP contribution in [0.4, 0.5) is 0 Å². The molecule has 0 saturated carbocycles. The highest BCUT2D eigenvalue weighted by molar-refractivity contribution is 5.56. The Balaban J connectivity index is 1.95. The summed E-state index contributed by atoms with van der Waals surface area (Å²) in [6.07, 6.45) is 9.97. The minimum atomic E-state index is 0.937. The smallest absolute Gasteiger partial charge is 0.310 e. The number of hydrogen-bond acceptors (Lipinski definition) is 1. The molecule has 0 N–H and O–H groups in total. The van der Waals surface area contributed by atoms with E-state index in [9.17, 15) is 0 Å². The van der Waals surface area contributed by atoms with Gasteiger partial charge in [0, 0.05) is 36.4 Å². The van der Waals surface area contributed by atoms with Crippen molar-refractivity contribution in [1.82, 2.24) is 18.6 Å². The number of nitrogens with zero attached hydrogens (tertiary/aromatic N) is 6. The van der Waals surface area contributed by atoms with Gasteiger partial charge >= 0.3 is 5.82 Å². The molecule has 0 bridgehead atoms. The van der Waals surface area contributed by atoms with E-state index in [1.54, 1.807) is 0 Å². The second-order valence-corrected chi connectivity index (χ2v) is 5.44. The molecule has 110 valence electrons. The molecule has 4 aromatic heterocycles. The van der Waals surface area contributed by atoms with Gasteiger partial charge in [-0.1, -0.05) is 0 Å². The summed E-state index contributed by atoms with van der Waals surface area (Å²) in [6, 6.07) is 8.35. The van der Waals surface area contributed by atoms with Crippen molar-refractivity contribution in [3.8, 4) is 17.2 Å². The van der Waals surface area contributed by atoms with E-state index in [4.69, 9.17) is 0 Å². The molecule has 4 rings (SSSR count). The number of aryl methyl sites for hydroxylation is 2. The molecule has 0 aliphatic heterocycles. The average molecular weight is 294 g/mol. The molecule has 0 amide bonds. The predicted octanol–water partition coefficient (Wildman–Crippen LogP) is 0.779. The molecule has 4 aromatic rings. The van der Waals surface area contributed by atoms with E-state index in [1.807, 2.05) is 43.2 Å². The van der Waals surface area contributed by atoms with E-state index in [0.29, 0.717) is 0 Å². The first-order valence-electron chi connectivity index (χ1n) is 7.18. The van der Waals surface area contributed by atoms with Gasteiger partial charge in [0.25, 0.3) is 0 Å². The van der Waals surface area contributed by atoms with Crippen molar-refractivity contribution < 1.29 is 9.25 Å². The third-order valence-corrected chi connectivity index (χ3v) is 4.14. The van der Waals surface area contributed by atoms with Crippen LogP contribution in [0.25, 0.3) is 23.0 Å². The fourth-order valence-electron chi connectivity index (χ4n) is 2.95. The Labute approximate surface area is 128 Å². The molecule has 0 spiro atoms. The lowest BCUT2D eigenvalue weighted by molar-refractivity contribution is -0.763. The zero-order chi connectivity index (χ0) is 15.3. The first kappa shape index (κ1) is 12.8. The van der Waals surface area contributed by atoms with Crippen LogP contribution in [0, 0.1) is 0 Å². The standard InChI is InChI=1S/C16H18N6/c1-18-9-5-10-22(18)15-7-4-6-13(19(15)2)14-12-21-11-8-17-16(21)20(14)3/h4-12H,1-3H3/q+2. The van der Waals surface area contributed by atoms with E-state index < -0.39 is 0 Å². The number of hydrogen-bond donors (Lipinski definition) is 0. The Morgan fingerprint density at radius 1 is 1.09 bits per heavy atom. The van der Waals surface area contributed by atoms with Crippen LogP contribution in [0.2, 0.25) is 0 Å². The maximum atomic E-state index is 4.39. The average Bonchev–Trinajstić information content (AvgIpc) is 3.19. The fraction of sp³-hybridized carbons (Fsp3) is 0.188. The summed E-state index contributed by atoms with van der Waals surface area (Å²) in [6.45, 7) is 0. The molecule has 0 aromatic carbocycles. The van der Waals surface area contributed by atoms with Gasteiger partial charge in [0.15, 0.2) is 18.9 Å². The summed E-state index contributed by atoms with van der Waals surface area (Å²) in [4.78, 5) is 4.39. The van der Waals surface area contributed by atoms with E-state index >= 15 is 0 Å². The third kappa shape index (κ3) is 1.70. The van der Waals surface area contributed by atoms with Crippen molar-refractivity contribution in [2.75, 3.05) is 0 Å². The molecule has 0 saturated heterocycles. The summed E-state index contributed by atoms with van der Waals surface area (Å²) in [7, 11) is 6.16. The summed E-state index contributed by atoms with van der Waals surface area (Å²) in [5, 5.41) is 0. The van der Waals surface area contributed by atoms with Gasteiger partial charge in [-0.3, -0.25) is 4.40 Å². The summed E-state index contributed by atoms with van der Waals surface area (Å²) < 4.78 is 10.5. The largest absolute Gasteiger partial charge is 0.342 e. The zero-order valence-electron chi connectivity index (χ0n) is 12.9. The van der Waals surface area contributed by atoms with E-state index in [2.05, 4.69) is 61.1 Å². The first-order valence-corrected chi connectivity index (χ1v) is 7.18. The molecule has 22 heavy (non-hydrogen) atoms. The number of rotatable bonds is 2. The van der Waals surface area contributed by atoms with Crippen molar-refractivity contribution in [2.24, 2.45) is 21.1 Å². The molecular formula is C16H18N6+2. The van der Waals surface area contributed by atoms with E-state index in [-0.39, 0.29) is 0 Å². The zero-order valence-corrected chi connectivity index (χ0v) is 12.9. The monoisotopic (exact) mass is 294 g/mol. The van der Waals surface area contributed by atoms with Crippen LogP contribution < -0.4 is 9.25 Å².